The SMILES string of the molecule is CCCCCCCCCCCCCCCCCCCCCCCCCCCCCC(C=S=O)CCCCCC. The summed E-state index contributed by atoms with van der Waals surface area (Å²) in [6, 6.07) is 0. The first-order chi connectivity index (χ1) is 19.3. The van der Waals surface area contributed by atoms with Crippen LogP contribution in [0, 0.1) is 5.92 Å². The molecular weight excluding hydrogens is 492 g/mol. The summed E-state index contributed by atoms with van der Waals surface area (Å²) in [7, 11) is 0. The molecule has 2 heteroatoms. The maximum Gasteiger partial charge on any atom is 0.0843 e. The number of hydrogen-bond donors (Lipinski definition) is 0. The molecule has 0 radical (unpaired) electrons. The summed E-state index contributed by atoms with van der Waals surface area (Å²) in [6.07, 6.45) is 46.9. The van der Waals surface area contributed by atoms with Crippen molar-refractivity contribution in [2.24, 2.45) is 5.92 Å². The van der Waals surface area contributed by atoms with Crippen molar-refractivity contribution in [3.05, 3.63) is 0 Å². The minimum Gasteiger partial charge on any atom is -0.213 e. The maximum atomic E-state index is 10.9. The van der Waals surface area contributed by atoms with Crippen molar-refractivity contribution in [2.45, 2.75) is 226 Å². The van der Waals surface area contributed by atoms with E-state index in [-0.39, 0.29) is 0 Å². The summed E-state index contributed by atoms with van der Waals surface area (Å²) in [5.74, 6) is 0.559. The predicted octanol–water partition coefficient (Wildman–Crippen LogP) is 13.5. The van der Waals surface area contributed by atoms with Crippen LogP contribution in [0.5, 0.6) is 0 Å². The fraction of sp³-hybridized carbons (Fsp3) is 0.973. The van der Waals surface area contributed by atoms with E-state index in [0.29, 0.717) is 17.2 Å². The normalized spacial score (nSPS) is 12.2. The van der Waals surface area contributed by atoms with Gasteiger partial charge in [0.15, 0.2) is 0 Å². The van der Waals surface area contributed by atoms with Crippen LogP contribution in [-0.4, -0.2) is 9.58 Å². The average molecular weight is 567 g/mol. The molecule has 0 aliphatic carbocycles. The number of rotatable bonds is 34. The van der Waals surface area contributed by atoms with Crippen LogP contribution >= 0.6 is 0 Å². The molecule has 0 fully saturated rings. The zero-order valence-corrected chi connectivity index (χ0v) is 28.1. The molecule has 0 N–H and O–H groups in total. The zero-order valence-electron chi connectivity index (χ0n) is 27.3. The van der Waals surface area contributed by atoms with Gasteiger partial charge in [-0.3, -0.25) is 0 Å². The summed E-state index contributed by atoms with van der Waals surface area (Å²) in [5, 5.41) is 1.96. The second-order valence-corrected chi connectivity index (χ2v) is 13.3. The fourth-order valence-corrected chi connectivity index (χ4v) is 6.52. The van der Waals surface area contributed by atoms with Gasteiger partial charge in [-0.1, -0.05) is 213 Å². The molecule has 1 unspecified atom stereocenters. The molecule has 0 aliphatic rings. The molecule has 234 valence electrons. The van der Waals surface area contributed by atoms with Crippen molar-refractivity contribution in [3.8, 4) is 0 Å². The van der Waals surface area contributed by atoms with Crippen molar-refractivity contribution in [1.29, 1.82) is 0 Å². The highest BCUT2D eigenvalue weighted by Crippen LogP contribution is 2.19. The Morgan fingerprint density at radius 2 is 0.564 bits per heavy atom. The Morgan fingerprint density at radius 1 is 0.359 bits per heavy atom. The van der Waals surface area contributed by atoms with Crippen molar-refractivity contribution >= 4 is 16.6 Å². The number of hydrogen-bond acceptors (Lipinski definition) is 1. The van der Waals surface area contributed by atoms with Gasteiger partial charge in [-0.2, -0.15) is 0 Å². The third kappa shape index (κ3) is 34.0. The third-order valence-electron chi connectivity index (χ3n) is 8.85. The van der Waals surface area contributed by atoms with Crippen molar-refractivity contribution in [1.82, 2.24) is 0 Å². The Hall–Kier alpha value is -0.110. The summed E-state index contributed by atoms with van der Waals surface area (Å²) in [4.78, 5) is 0. The minimum absolute atomic E-state index is 0.559. The van der Waals surface area contributed by atoms with Crippen LogP contribution in [0.3, 0.4) is 0 Å². The van der Waals surface area contributed by atoms with Gasteiger partial charge in [-0.15, -0.1) is 0 Å². The smallest absolute Gasteiger partial charge is 0.0843 e. The third-order valence-corrected chi connectivity index (χ3v) is 9.35. The second-order valence-electron chi connectivity index (χ2n) is 12.8. The van der Waals surface area contributed by atoms with E-state index >= 15 is 0 Å². The van der Waals surface area contributed by atoms with Gasteiger partial charge >= 0.3 is 0 Å². The van der Waals surface area contributed by atoms with E-state index in [0.717, 1.165) is 0 Å². The first-order valence-electron chi connectivity index (χ1n) is 18.5. The largest absolute Gasteiger partial charge is 0.213 e. The highest BCUT2D eigenvalue weighted by molar-refractivity contribution is 7.64. The van der Waals surface area contributed by atoms with E-state index in [1.807, 2.05) is 5.37 Å². The monoisotopic (exact) mass is 567 g/mol. The van der Waals surface area contributed by atoms with Crippen LogP contribution in [0.2, 0.25) is 0 Å². The molecular formula is C37H74OS. The molecule has 39 heavy (non-hydrogen) atoms. The first kappa shape index (κ1) is 38.9. The van der Waals surface area contributed by atoms with E-state index < -0.39 is 0 Å². The van der Waals surface area contributed by atoms with E-state index in [4.69, 9.17) is 0 Å². The molecule has 0 heterocycles. The van der Waals surface area contributed by atoms with Crippen LogP contribution in [0.15, 0.2) is 0 Å². The topological polar surface area (TPSA) is 17.1 Å². The predicted molar refractivity (Wildman–Crippen MR) is 181 cm³/mol. The molecule has 0 aromatic heterocycles. The molecule has 0 aliphatic heterocycles. The molecule has 1 atom stereocenters. The summed E-state index contributed by atoms with van der Waals surface area (Å²) in [5.41, 5.74) is 0. The van der Waals surface area contributed by atoms with E-state index in [1.54, 1.807) is 0 Å². The first-order valence-corrected chi connectivity index (χ1v) is 19.3. The van der Waals surface area contributed by atoms with E-state index in [1.165, 1.54) is 212 Å². The van der Waals surface area contributed by atoms with Gasteiger partial charge in [0.25, 0.3) is 0 Å². The molecule has 0 spiro atoms. The molecule has 1 nitrogen and oxygen atoms in total. The quantitative estimate of drug-likeness (QED) is 0.0559. The molecule has 0 bridgehead atoms. The molecule has 0 aromatic carbocycles. The van der Waals surface area contributed by atoms with Gasteiger partial charge in [0.2, 0.25) is 0 Å². The molecule has 0 rings (SSSR count). The fourth-order valence-electron chi connectivity index (χ4n) is 6.09. The summed E-state index contributed by atoms with van der Waals surface area (Å²) < 4.78 is 10.9. The van der Waals surface area contributed by atoms with Crippen molar-refractivity contribution in [2.75, 3.05) is 0 Å². The molecule has 0 saturated carbocycles. The Kier molecular flexibility index (Phi) is 35.8. The Balaban J connectivity index is 3.19. The lowest BCUT2D eigenvalue weighted by Crippen LogP contribution is -2.02. The standard InChI is InChI=1S/C37H74OS/c1-3-5-7-9-10-11-12-13-14-15-16-17-18-19-20-21-22-23-24-25-26-27-28-29-30-31-33-35-37(36-39-38)34-32-8-6-4-2/h36-37H,3-35H2,1-2H3. The molecule has 0 saturated heterocycles. The minimum atomic E-state index is 0.559. The van der Waals surface area contributed by atoms with Crippen LogP contribution in [-0.2, 0) is 11.3 Å². The van der Waals surface area contributed by atoms with Gasteiger partial charge in [-0.25, -0.2) is 4.21 Å². The molecule has 0 aromatic rings. The van der Waals surface area contributed by atoms with Crippen LogP contribution in [0.25, 0.3) is 0 Å². The highest BCUT2D eigenvalue weighted by atomic mass is 32.1. The lowest BCUT2D eigenvalue weighted by atomic mass is 9.96. The van der Waals surface area contributed by atoms with Gasteiger partial charge in [-0.05, 0) is 18.8 Å². The number of unbranched alkanes of at least 4 members (excludes halogenated alkanes) is 29. The molecule has 0 amide bonds. The van der Waals surface area contributed by atoms with Gasteiger partial charge in [0.05, 0.1) is 11.3 Å². The van der Waals surface area contributed by atoms with Crippen LogP contribution < -0.4 is 0 Å². The average Bonchev–Trinajstić information content (AvgIpc) is 2.94. The van der Waals surface area contributed by atoms with Gasteiger partial charge in [0, 0.05) is 5.37 Å². The zero-order chi connectivity index (χ0) is 28.3. The van der Waals surface area contributed by atoms with Crippen LogP contribution in [0.4, 0.5) is 0 Å². The van der Waals surface area contributed by atoms with Crippen LogP contribution in [0.1, 0.15) is 226 Å². The maximum absolute atomic E-state index is 10.9. The summed E-state index contributed by atoms with van der Waals surface area (Å²) in [6.45, 7) is 4.57. The van der Waals surface area contributed by atoms with E-state index in [2.05, 4.69) is 13.8 Å². The van der Waals surface area contributed by atoms with Gasteiger partial charge < -0.3 is 0 Å². The summed E-state index contributed by atoms with van der Waals surface area (Å²) >= 11 is 0.693. The van der Waals surface area contributed by atoms with E-state index in [9.17, 15) is 4.21 Å². The Bertz CT molecular complexity index is 484. The lowest BCUT2D eigenvalue weighted by Gasteiger charge is -2.11. The Labute approximate surface area is 251 Å². The second kappa shape index (κ2) is 35.9. The Morgan fingerprint density at radius 3 is 0.795 bits per heavy atom. The van der Waals surface area contributed by atoms with Crippen molar-refractivity contribution in [3.63, 3.8) is 0 Å². The highest BCUT2D eigenvalue weighted by Gasteiger charge is 2.05. The van der Waals surface area contributed by atoms with Gasteiger partial charge in [0.1, 0.15) is 0 Å². The van der Waals surface area contributed by atoms with Crippen molar-refractivity contribution < 1.29 is 4.21 Å². The lowest BCUT2D eigenvalue weighted by molar-refractivity contribution is 0.490.